The lowest BCUT2D eigenvalue weighted by molar-refractivity contribution is -0.131. The van der Waals surface area contributed by atoms with E-state index < -0.39 is 0 Å². The molecule has 3 heterocycles. The highest BCUT2D eigenvalue weighted by Crippen LogP contribution is 2.27. The maximum Gasteiger partial charge on any atom is 0.226 e. The normalized spacial score (nSPS) is 14.9. The minimum atomic E-state index is -0.285. The van der Waals surface area contributed by atoms with E-state index in [9.17, 15) is 9.18 Å². The standard InChI is InChI=1S/C22H24FN5O/c1-2-20-25-9-12-28(20)21-15-24-14-19(26-21)17-7-10-27(11-8-17)22(29)13-16-3-5-18(23)6-4-16/h3-6,9,12,14-15,17H,2,7-8,10-11,13H2,1H3. The average Bonchev–Trinajstić information content (AvgIpc) is 3.24. The number of carbonyl (C=O) groups excluding carboxylic acids is 1. The summed E-state index contributed by atoms with van der Waals surface area (Å²) >= 11 is 0. The Balaban J connectivity index is 1.39. The molecule has 0 spiro atoms. The van der Waals surface area contributed by atoms with Crippen LogP contribution in [0, 0.1) is 5.82 Å². The van der Waals surface area contributed by atoms with Crippen molar-refractivity contribution in [1.82, 2.24) is 24.4 Å². The smallest absolute Gasteiger partial charge is 0.226 e. The minimum absolute atomic E-state index is 0.0842. The molecule has 2 aromatic heterocycles. The van der Waals surface area contributed by atoms with Gasteiger partial charge in [0.05, 0.1) is 18.3 Å². The zero-order chi connectivity index (χ0) is 20.2. The molecule has 7 heteroatoms. The van der Waals surface area contributed by atoms with Crippen LogP contribution in [0.15, 0.2) is 49.1 Å². The second-order valence-corrected chi connectivity index (χ2v) is 7.33. The largest absolute Gasteiger partial charge is 0.342 e. The van der Waals surface area contributed by atoms with Gasteiger partial charge in [-0.15, -0.1) is 0 Å². The van der Waals surface area contributed by atoms with Crippen LogP contribution in [0.1, 0.15) is 42.8 Å². The topological polar surface area (TPSA) is 63.9 Å². The van der Waals surface area contributed by atoms with E-state index in [1.807, 2.05) is 21.9 Å². The molecule has 0 saturated carbocycles. The molecule has 0 N–H and O–H groups in total. The molecule has 150 valence electrons. The Morgan fingerprint density at radius 3 is 2.66 bits per heavy atom. The van der Waals surface area contributed by atoms with Crippen molar-refractivity contribution in [3.63, 3.8) is 0 Å². The number of amides is 1. The van der Waals surface area contributed by atoms with Crippen molar-refractivity contribution >= 4 is 5.91 Å². The Labute approximate surface area is 169 Å². The molecule has 1 fully saturated rings. The SMILES string of the molecule is CCc1nccn1-c1cncc(C2CCN(C(=O)Cc3ccc(F)cc3)CC2)n1. The summed E-state index contributed by atoms with van der Waals surface area (Å²) in [6.07, 6.45) is 10.1. The fourth-order valence-electron chi connectivity index (χ4n) is 3.80. The molecule has 4 rings (SSSR count). The van der Waals surface area contributed by atoms with E-state index in [4.69, 9.17) is 4.98 Å². The van der Waals surface area contributed by atoms with Crippen LogP contribution >= 0.6 is 0 Å². The molecule has 1 amide bonds. The predicted molar refractivity (Wildman–Crippen MR) is 107 cm³/mol. The highest BCUT2D eigenvalue weighted by Gasteiger charge is 2.25. The van der Waals surface area contributed by atoms with Gasteiger partial charge in [0.25, 0.3) is 0 Å². The van der Waals surface area contributed by atoms with Gasteiger partial charge in [-0.2, -0.15) is 0 Å². The number of likely N-dealkylation sites (tertiary alicyclic amines) is 1. The van der Waals surface area contributed by atoms with Gasteiger partial charge in [-0.3, -0.25) is 14.3 Å². The summed E-state index contributed by atoms with van der Waals surface area (Å²) in [6, 6.07) is 6.12. The Kier molecular flexibility index (Phi) is 5.64. The van der Waals surface area contributed by atoms with Crippen molar-refractivity contribution in [3.05, 3.63) is 72.0 Å². The van der Waals surface area contributed by atoms with Crippen molar-refractivity contribution in [3.8, 4) is 5.82 Å². The number of hydrogen-bond donors (Lipinski definition) is 0. The van der Waals surface area contributed by atoms with Gasteiger partial charge in [-0.05, 0) is 30.5 Å². The molecule has 1 aliphatic rings. The average molecular weight is 393 g/mol. The maximum absolute atomic E-state index is 13.0. The van der Waals surface area contributed by atoms with E-state index in [1.54, 1.807) is 24.5 Å². The minimum Gasteiger partial charge on any atom is -0.342 e. The first kappa shape index (κ1) is 19.2. The number of rotatable bonds is 5. The molecule has 1 saturated heterocycles. The molecule has 1 aromatic carbocycles. The van der Waals surface area contributed by atoms with E-state index in [-0.39, 0.29) is 17.6 Å². The predicted octanol–water partition coefficient (Wildman–Crippen LogP) is 3.31. The molecule has 29 heavy (non-hydrogen) atoms. The number of aromatic nitrogens is 4. The first-order valence-corrected chi connectivity index (χ1v) is 10.0. The van der Waals surface area contributed by atoms with E-state index >= 15 is 0 Å². The van der Waals surface area contributed by atoms with Gasteiger partial charge in [0.1, 0.15) is 11.6 Å². The summed E-state index contributed by atoms with van der Waals surface area (Å²) in [5, 5.41) is 0. The van der Waals surface area contributed by atoms with Crippen molar-refractivity contribution < 1.29 is 9.18 Å². The number of imidazole rings is 1. The van der Waals surface area contributed by atoms with Gasteiger partial charge < -0.3 is 4.90 Å². The molecule has 0 aliphatic carbocycles. The van der Waals surface area contributed by atoms with E-state index in [0.717, 1.165) is 42.2 Å². The Hall–Kier alpha value is -3.09. The highest BCUT2D eigenvalue weighted by atomic mass is 19.1. The third-order valence-electron chi connectivity index (χ3n) is 5.46. The number of hydrogen-bond acceptors (Lipinski definition) is 4. The van der Waals surface area contributed by atoms with E-state index in [1.165, 1.54) is 12.1 Å². The van der Waals surface area contributed by atoms with Crippen LogP contribution < -0.4 is 0 Å². The summed E-state index contributed by atoms with van der Waals surface area (Å²) in [5.74, 6) is 1.82. The third kappa shape index (κ3) is 4.34. The van der Waals surface area contributed by atoms with Crippen LogP contribution in [-0.4, -0.2) is 43.4 Å². The molecule has 0 bridgehead atoms. The van der Waals surface area contributed by atoms with E-state index in [2.05, 4.69) is 16.9 Å². The van der Waals surface area contributed by atoms with Crippen molar-refractivity contribution in [2.45, 2.75) is 38.5 Å². The van der Waals surface area contributed by atoms with Crippen LogP contribution in [0.2, 0.25) is 0 Å². The molecule has 1 aliphatic heterocycles. The molecule has 3 aromatic rings. The Morgan fingerprint density at radius 1 is 1.17 bits per heavy atom. The molecule has 0 radical (unpaired) electrons. The van der Waals surface area contributed by atoms with Gasteiger partial charge >= 0.3 is 0 Å². The van der Waals surface area contributed by atoms with Crippen LogP contribution in [0.5, 0.6) is 0 Å². The van der Waals surface area contributed by atoms with Gasteiger partial charge in [0.15, 0.2) is 5.82 Å². The second kappa shape index (κ2) is 8.51. The van der Waals surface area contributed by atoms with Crippen molar-refractivity contribution in [2.24, 2.45) is 0 Å². The number of carbonyl (C=O) groups is 1. The number of aryl methyl sites for hydroxylation is 1. The third-order valence-corrected chi connectivity index (χ3v) is 5.46. The number of halogens is 1. The highest BCUT2D eigenvalue weighted by molar-refractivity contribution is 5.78. The lowest BCUT2D eigenvalue weighted by atomic mass is 9.93. The molecule has 6 nitrogen and oxygen atoms in total. The second-order valence-electron chi connectivity index (χ2n) is 7.33. The number of benzene rings is 1. The van der Waals surface area contributed by atoms with Gasteiger partial charge in [0.2, 0.25) is 5.91 Å². The summed E-state index contributed by atoms with van der Waals surface area (Å²) < 4.78 is 15.0. The van der Waals surface area contributed by atoms with Crippen LogP contribution in [0.4, 0.5) is 4.39 Å². The fourth-order valence-corrected chi connectivity index (χ4v) is 3.80. The van der Waals surface area contributed by atoms with Gasteiger partial charge in [-0.1, -0.05) is 19.1 Å². The molecular weight excluding hydrogens is 369 g/mol. The quantitative estimate of drug-likeness (QED) is 0.667. The van der Waals surface area contributed by atoms with Crippen molar-refractivity contribution in [2.75, 3.05) is 13.1 Å². The summed E-state index contributed by atoms with van der Waals surface area (Å²) in [4.78, 5) is 28.0. The summed E-state index contributed by atoms with van der Waals surface area (Å²) in [7, 11) is 0. The zero-order valence-electron chi connectivity index (χ0n) is 16.5. The fraction of sp³-hybridized carbons (Fsp3) is 0.364. The maximum atomic E-state index is 13.0. The first-order valence-electron chi connectivity index (χ1n) is 10.0. The lowest BCUT2D eigenvalue weighted by Crippen LogP contribution is -2.39. The summed E-state index contributed by atoms with van der Waals surface area (Å²) in [6.45, 7) is 3.46. The summed E-state index contributed by atoms with van der Waals surface area (Å²) in [5.41, 5.74) is 1.80. The Bertz CT molecular complexity index is 977. The van der Waals surface area contributed by atoms with Crippen molar-refractivity contribution in [1.29, 1.82) is 0 Å². The van der Waals surface area contributed by atoms with Crippen LogP contribution in [0.3, 0.4) is 0 Å². The van der Waals surface area contributed by atoms with Crippen LogP contribution in [-0.2, 0) is 17.6 Å². The zero-order valence-corrected chi connectivity index (χ0v) is 16.5. The van der Waals surface area contributed by atoms with E-state index in [0.29, 0.717) is 19.5 Å². The van der Waals surface area contributed by atoms with Gasteiger partial charge in [0, 0.05) is 44.0 Å². The lowest BCUT2D eigenvalue weighted by Gasteiger charge is -2.32. The Morgan fingerprint density at radius 2 is 1.93 bits per heavy atom. The number of piperidine rings is 1. The van der Waals surface area contributed by atoms with Gasteiger partial charge in [-0.25, -0.2) is 14.4 Å². The molecular formula is C22H24FN5O. The molecule has 0 unspecified atom stereocenters. The molecule has 0 atom stereocenters. The first-order chi connectivity index (χ1) is 14.1. The number of nitrogens with zero attached hydrogens (tertiary/aromatic N) is 5. The monoisotopic (exact) mass is 393 g/mol. The van der Waals surface area contributed by atoms with Crippen LogP contribution in [0.25, 0.3) is 5.82 Å².